The summed E-state index contributed by atoms with van der Waals surface area (Å²) in [5.74, 6) is 0. The molecular weight excluding hydrogens is 258 g/mol. The van der Waals surface area contributed by atoms with Gasteiger partial charge in [0.15, 0.2) is 0 Å². The number of aromatic nitrogens is 3. The van der Waals surface area contributed by atoms with Gasteiger partial charge in [-0.25, -0.2) is 4.68 Å². The number of ether oxygens (including phenoxy) is 1. The molecule has 0 N–H and O–H groups in total. The van der Waals surface area contributed by atoms with Crippen LogP contribution < -0.4 is 0 Å². The lowest BCUT2D eigenvalue weighted by Crippen LogP contribution is -2.23. The molecule has 1 saturated heterocycles. The second-order valence-corrected chi connectivity index (χ2v) is 5.16. The molecular formula is C10H16BrN3O. The van der Waals surface area contributed by atoms with Gasteiger partial charge in [0.05, 0.1) is 23.9 Å². The van der Waals surface area contributed by atoms with Gasteiger partial charge in [-0.3, -0.25) is 0 Å². The fourth-order valence-electron chi connectivity index (χ4n) is 1.90. The van der Waals surface area contributed by atoms with E-state index in [-0.39, 0.29) is 11.7 Å². The van der Waals surface area contributed by atoms with Crippen molar-refractivity contribution in [2.45, 2.75) is 50.3 Å². The highest BCUT2D eigenvalue weighted by atomic mass is 79.9. The maximum atomic E-state index is 5.90. The molecule has 1 fully saturated rings. The summed E-state index contributed by atoms with van der Waals surface area (Å²) in [5.41, 5.74) is 0.996. The first kappa shape index (κ1) is 11.1. The van der Waals surface area contributed by atoms with Crippen molar-refractivity contribution in [3.05, 3.63) is 11.9 Å². The monoisotopic (exact) mass is 273 g/mol. The molecule has 1 unspecified atom stereocenters. The first-order valence-corrected chi connectivity index (χ1v) is 6.34. The molecule has 1 aliphatic rings. The van der Waals surface area contributed by atoms with Crippen molar-refractivity contribution in [2.24, 2.45) is 0 Å². The predicted molar refractivity (Wildman–Crippen MR) is 60.8 cm³/mol. The Morgan fingerprint density at radius 3 is 3.00 bits per heavy atom. The lowest BCUT2D eigenvalue weighted by molar-refractivity contribution is -0.0231. The first-order chi connectivity index (χ1) is 7.09. The average Bonchev–Trinajstić information content (AvgIpc) is 2.73. The van der Waals surface area contributed by atoms with Gasteiger partial charge in [0.2, 0.25) is 0 Å². The second-order valence-electron chi connectivity index (χ2n) is 4.60. The van der Waals surface area contributed by atoms with Gasteiger partial charge in [0, 0.05) is 11.5 Å². The van der Waals surface area contributed by atoms with E-state index in [0.717, 1.165) is 30.4 Å². The molecule has 0 radical (unpaired) electrons. The van der Waals surface area contributed by atoms with Crippen molar-refractivity contribution in [1.29, 1.82) is 0 Å². The molecule has 4 nitrogen and oxygen atoms in total. The Morgan fingerprint density at radius 1 is 1.67 bits per heavy atom. The molecule has 1 aliphatic heterocycles. The van der Waals surface area contributed by atoms with E-state index in [1.807, 2.05) is 10.9 Å². The summed E-state index contributed by atoms with van der Waals surface area (Å²) in [7, 11) is 0. The average molecular weight is 274 g/mol. The molecule has 0 bridgehead atoms. The number of nitrogens with zero attached hydrogens (tertiary/aromatic N) is 3. The molecule has 0 aliphatic carbocycles. The van der Waals surface area contributed by atoms with Crippen molar-refractivity contribution in [2.75, 3.05) is 0 Å². The van der Waals surface area contributed by atoms with E-state index >= 15 is 0 Å². The third-order valence-electron chi connectivity index (χ3n) is 2.67. The molecule has 2 heterocycles. The second kappa shape index (κ2) is 4.22. The molecule has 15 heavy (non-hydrogen) atoms. The van der Waals surface area contributed by atoms with Gasteiger partial charge in [-0.1, -0.05) is 21.1 Å². The van der Waals surface area contributed by atoms with E-state index in [1.54, 1.807) is 0 Å². The van der Waals surface area contributed by atoms with Crippen LogP contribution in [-0.4, -0.2) is 26.7 Å². The minimum absolute atomic E-state index is 0.0313. The molecule has 1 aromatic rings. The Balaban J connectivity index is 1.92. The van der Waals surface area contributed by atoms with Crippen molar-refractivity contribution in [1.82, 2.24) is 15.0 Å². The third-order valence-corrected chi connectivity index (χ3v) is 3.24. The number of hydrogen-bond donors (Lipinski definition) is 0. The summed E-state index contributed by atoms with van der Waals surface area (Å²) in [6, 6.07) is 0. The number of hydrogen-bond acceptors (Lipinski definition) is 3. The fourth-order valence-corrected chi connectivity index (χ4v) is 2.16. The van der Waals surface area contributed by atoms with Gasteiger partial charge in [0.25, 0.3) is 0 Å². The highest BCUT2D eigenvalue weighted by Crippen LogP contribution is 2.29. The summed E-state index contributed by atoms with van der Waals surface area (Å²) >= 11 is 3.35. The van der Waals surface area contributed by atoms with Crippen LogP contribution in [0.25, 0.3) is 0 Å². The van der Waals surface area contributed by atoms with Gasteiger partial charge < -0.3 is 4.74 Å². The molecule has 0 spiro atoms. The summed E-state index contributed by atoms with van der Waals surface area (Å²) in [4.78, 5) is 0. The lowest BCUT2D eigenvalue weighted by Gasteiger charge is -2.18. The standard InChI is InChI=1S/C10H16BrN3O/c1-10(2)4-3-9(15-10)7-14-6-8(5-11)12-13-14/h6,9H,3-5,7H2,1-2H3. The molecule has 0 saturated carbocycles. The van der Waals surface area contributed by atoms with Gasteiger partial charge in [-0.2, -0.15) is 0 Å². The summed E-state index contributed by atoms with van der Waals surface area (Å²) in [5, 5.41) is 8.83. The van der Waals surface area contributed by atoms with Crippen molar-refractivity contribution in [3.63, 3.8) is 0 Å². The topological polar surface area (TPSA) is 39.9 Å². The van der Waals surface area contributed by atoms with Crippen LogP contribution in [0.4, 0.5) is 0 Å². The third kappa shape index (κ3) is 2.78. The zero-order chi connectivity index (χ0) is 10.9. The largest absolute Gasteiger partial charge is 0.370 e. The van der Waals surface area contributed by atoms with Crippen LogP contribution in [0.2, 0.25) is 0 Å². The zero-order valence-corrected chi connectivity index (χ0v) is 10.7. The van der Waals surface area contributed by atoms with Gasteiger partial charge in [-0.15, -0.1) is 5.10 Å². The van der Waals surface area contributed by atoms with E-state index in [2.05, 4.69) is 40.1 Å². The minimum Gasteiger partial charge on any atom is -0.370 e. The molecule has 0 amide bonds. The fraction of sp³-hybridized carbons (Fsp3) is 0.800. The van der Waals surface area contributed by atoms with E-state index in [0.29, 0.717) is 0 Å². The molecule has 1 aromatic heterocycles. The van der Waals surface area contributed by atoms with E-state index in [9.17, 15) is 0 Å². The first-order valence-electron chi connectivity index (χ1n) is 5.22. The Labute approximate surface area is 98.1 Å². The maximum Gasteiger partial charge on any atom is 0.0932 e. The highest BCUT2D eigenvalue weighted by molar-refractivity contribution is 9.08. The normalized spacial score (nSPS) is 24.6. The predicted octanol–water partition coefficient (Wildman–Crippen LogP) is 2.13. The Morgan fingerprint density at radius 2 is 2.47 bits per heavy atom. The van der Waals surface area contributed by atoms with Crippen LogP contribution in [0.1, 0.15) is 32.4 Å². The van der Waals surface area contributed by atoms with Crippen LogP contribution >= 0.6 is 15.9 Å². The van der Waals surface area contributed by atoms with Crippen molar-refractivity contribution < 1.29 is 4.74 Å². The van der Waals surface area contributed by atoms with Gasteiger partial charge >= 0.3 is 0 Å². The summed E-state index contributed by atoms with van der Waals surface area (Å²) < 4.78 is 7.76. The van der Waals surface area contributed by atoms with E-state index in [1.165, 1.54) is 0 Å². The van der Waals surface area contributed by atoms with Crippen LogP contribution in [0.5, 0.6) is 0 Å². The van der Waals surface area contributed by atoms with E-state index < -0.39 is 0 Å². The van der Waals surface area contributed by atoms with Crippen LogP contribution in [-0.2, 0) is 16.6 Å². The van der Waals surface area contributed by atoms with Crippen LogP contribution in [0, 0.1) is 0 Å². The summed E-state index contributed by atoms with van der Waals surface area (Å²) in [6.07, 6.45) is 4.47. The number of rotatable bonds is 3. The number of alkyl halides is 1. The smallest absolute Gasteiger partial charge is 0.0932 e. The van der Waals surface area contributed by atoms with Gasteiger partial charge in [-0.05, 0) is 26.7 Å². The van der Waals surface area contributed by atoms with Crippen LogP contribution in [0.3, 0.4) is 0 Å². The van der Waals surface area contributed by atoms with Crippen molar-refractivity contribution in [3.8, 4) is 0 Å². The highest BCUT2D eigenvalue weighted by Gasteiger charge is 2.31. The molecule has 1 atom stereocenters. The molecule has 2 rings (SSSR count). The van der Waals surface area contributed by atoms with Crippen LogP contribution in [0.15, 0.2) is 6.20 Å². The number of halogens is 1. The Bertz CT molecular complexity index is 337. The quantitative estimate of drug-likeness (QED) is 0.793. The van der Waals surface area contributed by atoms with Gasteiger partial charge in [0.1, 0.15) is 0 Å². The maximum absolute atomic E-state index is 5.90. The minimum atomic E-state index is 0.0313. The SMILES string of the molecule is CC1(C)CCC(Cn2cc(CBr)nn2)O1. The lowest BCUT2D eigenvalue weighted by atomic mass is 10.1. The Hall–Kier alpha value is -0.420. The zero-order valence-electron chi connectivity index (χ0n) is 9.11. The van der Waals surface area contributed by atoms with Crippen molar-refractivity contribution >= 4 is 15.9 Å². The molecule has 5 heteroatoms. The Kier molecular flexibility index (Phi) is 3.11. The van der Waals surface area contributed by atoms with E-state index in [4.69, 9.17) is 4.74 Å². The molecule has 0 aromatic carbocycles. The molecule has 84 valence electrons. The summed E-state index contributed by atoms with van der Waals surface area (Å²) in [6.45, 7) is 5.08.